The minimum Gasteiger partial charge on any atom is -0.396 e. The van der Waals surface area contributed by atoms with Crippen molar-refractivity contribution in [2.45, 2.75) is 27.8 Å². The van der Waals surface area contributed by atoms with Crippen LogP contribution in [0.4, 0.5) is 5.69 Å². The number of thiophene rings is 1. The van der Waals surface area contributed by atoms with Crippen LogP contribution in [0.1, 0.15) is 24.1 Å². The monoisotopic (exact) mass is 399 g/mol. The van der Waals surface area contributed by atoms with Crippen molar-refractivity contribution >= 4 is 39.0 Å². The molecule has 0 radical (unpaired) electrons. The second-order valence-corrected chi connectivity index (χ2v) is 9.89. The average Bonchev–Trinajstić information content (AvgIpc) is 3.01. The maximum atomic E-state index is 11.7. The minimum atomic E-state index is -3.69. The van der Waals surface area contributed by atoms with Crippen LogP contribution < -0.4 is 14.8 Å². The minimum absolute atomic E-state index is 0.0464. The van der Waals surface area contributed by atoms with E-state index in [1.165, 1.54) is 23.3 Å². The van der Waals surface area contributed by atoms with Crippen molar-refractivity contribution in [2.75, 3.05) is 24.0 Å². The Bertz CT molecular complexity index is 834. The quantitative estimate of drug-likeness (QED) is 0.644. The molecule has 0 fully saturated rings. The molecule has 1 atom stereocenters. The van der Waals surface area contributed by atoms with Gasteiger partial charge in [-0.1, -0.05) is 19.1 Å². The van der Waals surface area contributed by atoms with Crippen LogP contribution in [0.3, 0.4) is 0 Å². The summed E-state index contributed by atoms with van der Waals surface area (Å²) in [5.74, 6) is 0. The van der Waals surface area contributed by atoms with Crippen LogP contribution in [0.25, 0.3) is 0 Å². The Balaban J connectivity index is 1.90. The molecule has 2 aromatic rings. The lowest BCUT2D eigenvalue weighted by Gasteiger charge is -2.33. The maximum absolute atomic E-state index is 11.7. The molecule has 0 amide bonds. The van der Waals surface area contributed by atoms with E-state index in [9.17, 15) is 8.42 Å². The zero-order valence-corrected chi connectivity index (χ0v) is 16.3. The van der Waals surface area contributed by atoms with Crippen LogP contribution in [0.5, 0.6) is 0 Å². The van der Waals surface area contributed by atoms with Crippen LogP contribution >= 0.6 is 23.3 Å². The largest absolute Gasteiger partial charge is 0.396 e. The number of aliphatic hydroxyl groups is 1. The zero-order chi connectivity index (χ0) is 18.0. The number of primary sulfonamides is 1. The van der Waals surface area contributed by atoms with Gasteiger partial charge < -0.3 is 14.7 Å². The van der Waals surface area contributed by atoms with Crippen LogP contribution in [0, 0.1) is 0 Å². The number of nitrogens with two attached hydrogens (primary N) is 1. The molecular formula is C16H21N3O3S3. The lowest BCUT2D eigenvalue weighted by Crippen LogP contribution is -2.34. The Hall–Kier alpha value is -1.10. The van der Waals surface area contributed by atoms with Crippen LogP contribution in [-0.4, -0.2) is 33.2 Å². The first-order valence-electron chi connectivity index (χ1n) is 7.97. The number of anilines is 1. The van der Waals surface area contributed by atoms with Gasteiger partial charge in [0, 0.05) is 18.8 Å². The Morgan fingerprint density at radius 3 is 2.68 bits per heavy atom. The standard InChI is InChI=1S/C16H21N3O3S3/c1-2-18-14-10-19(12-5-3-11(4-6-12)7-8-20)24-16-13(14)9-15(23-16)25(17,21)22/h3-6,9,14,18,20H,2,7-8,10H2,1H3,(H2,17,21,22)/t14-/m0/s1. The van der Waals surface area contributed by atoms with Crippen LogP contribution in [-0.2, 0) is 16.4 Å². The van der Waals surface area contributed by atoms with Gasteiger partial charge in [0.25, 0.3) is 0 Å². The fourth-order valence-corrected chi connectivity index (χ4v) is 6.26. The molecule has 4 N–H and O–H groups in total. The summed E-state index contributed by atoms with van der Waals surface area (Å²) < 4.78 is 26.7. The summed E-state index contributed by atoms with van der Waals surface area (Å²) in [7, 11) is -3.69. The topological polar surface area (TPSA) is 95.7 Å². The number of sulfonamides is 1. The first-order chi connectivity index (χ1) is 11.9. The SMILES string of the molecule is CCN[C@H]1CN(c2ccc(CCO)cc2)Sc2sc(S(N)(=O)=O)cc21. The highest BCUT2D eigenvalue weighted by molar-refractivity contribution is 8.03. The molecule has 0 spiro atoms. The predicted molar refractivity (Wildman–Crippen MR) is 103 cm³/mol. The number of benzene rings is 1. The van der Waals surface area contributed by atoms with Gasteiger partial charge in [0.2, 0.25) is 10.0 Å². The van der Waals surface area contributed by atoms with Gasteiger partial charge in [-0.25, -0.2) is 13.6 Å². The second-order valence-electron chi connectivity index (χ2n) is 5.76. The molecule has 1 aliphatic heterocycles. The zero-order valence-electron chi connectivity index (χ0n) is 13.8. The number of aliphatic hydroxyl groups excluding tert-OH is 1. The summed E-state index contributed by atoms with van der Waals surface area (Å²) in [5.41, 5.74) is 3.13. The predicted octanol–water partition coefficient (Wildman–Crippen LogP) is 2.11. The molecule has 136 valence electrons. The van der Waals surface area contributed by atoms with E-state index in [2.05, 4.69) is 9.62 Å². The van der Waals surface area contributed by atoms with Crippen LogP contribution in [0.2, 0.25) is 0 Å². The highest BCUT2D eigenvalue weighted by Gasteiger charge is 2.30. The third kappa shape index (κ3) is 4.18. The number of likely N-dealkylation sites (N-methyl/N-ethyl adjacent to an activating group) is 1. The Morgan fingerprint density at radius 1 is 1.36 bits per heavy atom. The summed E-state index contributed by atoms with van der Waals surface area (Å²) in [4.78, 5) is 0. The molecule has 25 heavy (non-hydrogen) atoms. The van der Waals surface area contributed by atoms with Gasteiger partial charge in [-0.3, -0.25) is 0 Å². The van der Waals surface area contributed by atoms with Gasteiger partial charge in [0.05, 0.1) is 10.3 Å². The molecule has 3 rings (SSSR count). The molecule has 0 saturated heterocycles. The second kappa shape index (κ2) is 7.65. The summed E-state index contributed by atoms with van der Waals surface area (Å²) in [5, 5.41) is 17.7. The van der Waals surface area contributed by atoms with Crippen molar-refractivity contribution in [1.29, 1.82) is 0 Å². The average molecular weight is 400 g/mol. The molecule has 6 nitrogen and oxygen atoms in total. The van der Waals surface area contributed by atoms with Crippen molar-refractivity contribution in [3.63, 3.8) is 0 Å². The molecule has 1 aliphatic rings. The number of rotatable bonds is 6. The van der Waals surface area contributed by atoms with Gasteiger partial charge in [-0.05, 0) is 54.2 Å². The Labute approximate surface area is 156 Å². The van der Waals surface area contributed by atoms with E-state index >= 15 is 0 Å². The Morgan fingerprint density at radius 2 is 2.08 bits per heavy atom. The van der Waals surface area contributed by atoms with Crippen molar-refractivity contribution in [3.8, 4) is 0 Å². The van der Waals surface area contributed by atoms with Gasteiger partial charge in [0.1, 0.15) is 4.21 Å². The van der Waals surface area contributed by atoms with E-state index < -0.39 is 10.0 Å². The third-order valence-electron chi connectivity index (χ3n) is 3.98. The molecule has 1 aromatic heterocycles. The van der Waals surface area contributed by atoms with Crippen molar-refractivity contribution in [3.05, 3.63) is 41.5 Å². The smallest absolute Gasteiger partial charge is 0.247 e. The van der Waals surface area contributed by atoms with Crippen molar-refractivity contribution in [2.24, 2.45) is 5.14 Å². The number of fused-ring (bicyclic) bond motifs is 1. The molecule has 0 saturated carbocycles. The van der Waals surface area contributed by atoms with Gasteiger partial charge in [0.15, 0.2) is 0 Å². The van der Waals surface area contributed by atoms with E-state index in [1.54, 1.807) is 6.07 Å². The van der Waals surface area contributed by atoms with E-state index in [0.29, 0.717) is 6.42 Å². The highest BCUT2D eigenvalue weighted by Crippen LogP contribution is 2.45. The summed E-state index contributed by atoms with van der Waals surface area (Å²) in [6, 6.07) is 9.81. The fourth-order valence-electron chi connectivity index (χ4n) is 2.76. The summed E-state index contributed by atoms with van der Waals surface area (Å²) >= 11 is 2.76. The molecule has 2 heterocycles. The maximum Gasteiger partial charge on any atom is 0.247 e. The fraction of sp³-hybridized carbons (Fsp3) is 0.375. The van der Waals surface area contributed by atoms with E-state index in [4.69, 9.17) is 10.2 Å². The number of hydrogen-bond acceptors (Lipinski definition) is 7. The van der Waals surface area contributed by atoms with Gasteiger partial charge in [-0.15, -0.1) is 11.3 Å². The normalized spacial score (nSPS) is 17.6. The highest BCUT2D eigenvalue weighted by atomic mass is 32.3. The molecule has 1 aromatic carbocycles. The van der Waals surface area contributed by atoms with Gasteiger partial charge in [-0.2, -0.15) is 0 Å². The molecular weight excluding hydrogens is 378 g/mol. The molecule has 0 unspecified atom stereocenters. The number of hydrogen-bond donors (Lipinski definition) is 3. The summed E-state index contributed by atoms with van der Waals surface area (Å²) in [6.45, 7) is 3.68. The van der Waals surface area contributed by atoms with Crippen molar-refractivity contribution < 1.29 is 13.5 Å². The first-order valence-corrected chi connectivity index (χ1v) is 11.1. The summed E-state index contributed by atoms with van der Waals surface area (Å²) in [6.07, 6.45) is 0.639. The molecule has 9 heteroatoms. The third-order valence-corrected chi connectivity index (χ3v) is 7.80. The van der Waals surface area contributed by atoms with Gasteiger partial charge >= 0.3 is 0 Å². The Kier molecular flexibility index (Phi) is 5.71. The first kappa shape index (κ1) is 18.7. The van der Waals surface area contributed by atoms with Crippen LogP contribution in [0.15, 0.2) is 38.8 Å². The lowest BCUT2D eigenvalue weighted by molar-refractivity contribution is 0.299. The number of nitrogens with zero attached hydrogens (tertiary/aromatic N) is 1. The lowest BCUT2D eigenvalue weighted by atomic mass is 10.1. The van der Waals surface area contributed by atoms with E-state index in [-0.39, 0.29) is 16.9 Å². The van der Waals surface area contributed by atoms with E-state index in [0.717, 1.165) is 34.1 Å². The van der Waals surface area contributed by atoms with E-state index in [1.807, 2.05) is 31.2 Å². The van der Waals surface area contributed by atoms with Crippen molar-refractivity contribution in [1.82, 2.24) is 5.32 Å². The molecule has 0 bridgehead atoms. The number of nitrogens with one attached hydrogen (secondary N) is 1. The molecule has 0 aliphatic carbocycles.